The topological polar surface area (TPSA) is 125 Å². The molecule has 1 aliphatic rings. The minimum atomic E-state index is -3.64. The molecule has 3 aromatic carbocycles. The van der Waals surface area contributed by atoms with Gasteiger partial charge in [0.1, 0.15) is 0 Å². The monoisotopic (exact) mass is 564 g/mol. The number of hydrogen-bond acceptors (Lipinski definition) is 9. The first-order valence-electron chi connectivity index (χ1n) is 9.22. The van der Waals surface area contributed by atoms with Crippen LogP contribution in [0.5, 0.6) is 17.2 Å². The van der Waals surface area contributed by atoms with Gasteiger partial charge in [-0.3, -0.25) is 0 Å². The molecule has 0 spiro atoms. The summed E-state index contributed by atoms with van der Waals surface area (Å²) >= 11 is 19.6. The van der Waals surface area contributed by atoms with E-state index in [1.54, 1.807) is 72.8 Å². The third-order valence-corrected chi connectivity index (χ3v) is 14.4. The molecule has 0 bridgehead atoms. The zero-order valence-electron chi connectivity index (χ0n) is 16.7. The van der Waals surface area contributed by atoms with E-state index in [0.717, 1.165) is 0 Å². The van der Waals surface area contributed by atoms with Crippen LogP contribution < -0.4 is 31.1 Å². The summed E-state index contributed by atoms with van der Waals surface area (Å²) in [5.74, 6) is 0.883. The summed E-state index contributed by atoms with van der Waals surface area (Å²) in [5.41, 5.74) is 19.4. The Balaban J connectivity index is 1.89. The zero-order valence-corrected chi connectivity index (χ0v) is 21.7. The van der Waals surface area contributed by atoms with Crippen LogP contribution >= 0.6 is 57.1 Å². The maximum absolute atomic E-state index is 6.72. The third kappa shape index (κ3) is 5.22. The lowest BCUT2D eigenvalue weighted by Crippen LogP contribution is -2.29. The predicted octanol–water partition coefficient (Wildman–Crippen LogP) is 7.53. The van der Waals surface area contributed by atoms with Gasteiger partial charge in [0, 0.05) is 4.60 Å². The summed E-state index contributed by atoms with van der Waals surface area (Å²) < 4.78 is 19.7. The summed E-state index contributed by atoms with van der Waals surface area (Å²) in [7, 11) is -7.43. The van der Waals surface area contributed by atoms with Crippen LogP contribution in [0, 0.1) is 0 Å². The van der Waals surface area contributed by atoms with Gasteiger partial charge in [0.25, 0.3) is 0 Å². The molecular weight excluding hydrogens is 548 g/mol. The Morgan fingerprint density at radius 3 is 1.61 bits per heavy atom. The lowest BCUT2D eigenvalue weighted by molar-refractivity contribution is 0.113. The normalized spacial score (nSPS) is 20.6. The van der Waals surface area contributed by atoms with Crippen LogP contribution in [-0.4, -0.2) is 8.56 Å². The van der Waals surface area contributed by atoms with Gasteiger partial charge in [-0.05, 0) is 59.4 Å². The van der Waals surface area contributed by atoms with E-state index in [1.165, 1.54) is 8.56 Å². The fraction of sp³-hybridized carbons (Fsp3) is 0. The molecule has 0 aromatic heterocycles. The number of hydrogen-bond donors (Lipinski definition) is 3. The van der Waals surface area contributed by atoms with E-state index in [2.05, 4.69) is 4.52 Å². The van der Waals surface area contributed by atoms with Gasteiger partial charge in [-0.2, -0.15) is 4.52 Å². The van der Waals surface area contributed by atoms with Crippen molar-refractivity contribution < 1.29 is 13.9 Å². The van der Waals surface area contributed by atoms with Crippen LogP contribution in [0.2, 0.25) is 0 Å². The first-order chi connectivity index (χ1) is 15.8. The third-order valence-electron chi connectivity index (χ3n) is 4.19. The van der Waals surface area contributed by atoms with E-state index in [-0.39, 0.29) is 0 Å². The highest BCUT2D eigenvalue weighted by atomic mass is 35.7. The molecule has 33 heavy (non-hydrogen) atoms. The highest BCUT2D eigenvalue weighted by molar-refractivity contribution is 8.00. The molecule has 0 fully saturated rings. The van der Waals surface area contributed by atoms with Crippen molar-refractivity contribution in [2.45, 2.75) is 0 Å². The number of nitrogens with zero attached hydrogens (tertiary/aromatic N) is 3. The van der Waals surface area contributed by atoms with Gasteiger partial charge in [-0.15, -0.1) is 3.96 Å². The fourth-order valence-electron chi connectivity index (χ4n) is 2.62. The summed E-state index contributed by atoms with van der Waals surface area (Å²) in [6.07, 6.45) is 0. The van der Waals surface area contributed by atoms with E-state index < -0.39 is 22.8 Å². The smallest absolute Gasteiger partial charge is 0.414 e. The van der Waals surface area contributed by atoms with Gasteiger partial charge >= 0.3 is 7.66 Å². The van der Waals surface area contributed by atoms with Crippen LogP contribution in [0.4, 0.5) is 17.1 Å². The van der Waals surface area contributed by atoms with E-state index in [1.807, 2.05) is 0 Å². The lowest BCUT2D eigenvalue weighted by atomic mass is 10.3. The van der Waals surface area contributed by atoms with Crippen molar-refractivity contribution in [1.29, 1.82) is 0 Å². The maximum atomic E-state index is 6.72. The van der Waals surface area contributed by atoms with Gasteiger partial charge in [0.05, 0.1) is 17.1 Å². The van der Waals surface area contributed by atoms with Crippen molar-refractivity contribution in [2.24, 2.45) is 4.52 Å². The van der Waals surface area contributed by atoms with Gasteiger partial charge in [0.2, 0.25) is 15.2 Å². The average molecular weight is 566 g/mol. The second kappa shape index (κ2) is 10.3. The van der Waals surface area contributed by atoms with Crippen molar-refractivity contribution in [1.82, 2.24) is 8.56 Å². The maximum Gasteiger partial charge on any atom is 0.443 e. The van der Waals surface area contributed by atoms with E-state index in [0.29, 0.717) is 34.3 Å². The number of anilines is 3. The van der Waals surface area contributed by atoms with Crippen molar-refractivity contribution >= 4 is 74.1 Å². The molecule has 0 radical (unpaired) electrons. The molecule has 0 aliphatic carbocycles. The number of para-hydroxylation sites is 6. The molecule has 2 atom stereocenters. The molecule has 174 valence electrons. The second-order valence-corrected chi connectivity index (χ2v) is 14.2. The molecule has 15 heteroatoms. The Morgan fingerprint density at radius 1 is 0.727 bits per heavy atom. The summed E-state index contributed by atoms with van der Waals surface area (Å²) in [6.45, 7) is 0. The Bertz CT molecular complexity index is 1160. The van der Waals surface area contributed by atoms with E-state index >= 15 is 0 Å². The Labute approximate surface area is 207 Å². The number of rotatable bonds is 6. The standard InChI is InChI=1S/C18H18Cl3N6O3P3/c19-26-31(20)25-33(29-17-11-5-2-8-14(17)23,30-18-12-6-3-9-15(18)24)27(32(26)21)28-16-10-4-1-7-13(16)22/h1-12H,22-24H2. The van der Waals surface area contributed by atoms with E-state index in [9.17, 15) is 0 Å². The van der Waals surface area contributed by atoms with Gasteiger partial charge < -0.3 is 31.1 Å². The lowest BCUT2D eigenvalue weighted by Gasteiger charge is -2.41. The first kappa shape index (κ1) is 24.5. The minimum Gasteiger partial charge on any atom is -0.414 e. The Hall–Kier alpha value is -1.66. The van der Waals surface area contributed by atoms with Gasteiger partial charge in [-0.1, -0.05) is 47.6 Å². The predicted molar refractivity (Wildman–Crippen MR) is 139 cm³/mol. The molecular formula is C18H18Cl3N6O3P3. The van der Waals surface area contributed by atoms with Crippen molar-refractivity contribution in [3.8, 4) is 17.2 Å². The quantitative estimate of drug-likeness (QED) is 0.159. The highest BCUT2D eigenvalue weighted by Gasteiger charge is 2.52. The highest BCUT2D eigenvalue weighted by Crippen LogP contribution is 2.81. The Morgan fingerprint density at radius 2 is 1.15 bits per heavy atom. The fourth-order valence-corrected chi connectivity index (χ4v) is 12.1. The minimum absolute atomic E-state index is 0.293. The Kier molecular flexibility index (Phi) is 7.64. The average Bonchev–Trinajstić information content (AvgIpc) is 2.79. The number of nitrogens with two attached hydrogens (primary N) is 3. The number of benzene rings is 3. The first-order valence-corrected chi connectivity index (χ1v) is 15.4. The SMILES string of the molecule is Nc1ccccc1ON1P(Cl)N(Cl)P(Cl)N=P1(Oc1ccccc1N)Oc1ccccc1N. The largest absolute Gasteiger partial charge is 0.443 e. The molecule has 0 amide bonds. The molecule has 9 nitrogen and oxygen atoms in total. The van der Waals surface area contributed by atoms with Crippen LogP contribution in [0.3, 0.4) is 0 Å². The molecule has 4 rings (SSSR count). The molecule has 6 N–H and O–H groups in total. The molecule has 2 unspecified atom stereocenters. The van der Waals surface area contributed by atoms with E-state index in [4.69, 9.17) is 65.3 Å². The van der Waals surface area contributed by atoms with Crippen LogP contribution in [-0.2, 0) is 0 Å². The van der Waals surface area contributed by atoms with Gasteiger partial charge in [0.15, 0.2) is 17.2 Å². The summed E-state index contributed by atoms with van der Waals surface area (Å²) in [4.78, 5) is 6.11. The van der Waals surface area contributed by atoms with Crippen molar-refractivity contribution in [2.75, 3.05) is 17.2 Å². The van der Waals surface area contributed by atoms with Crippen molar-refractivity contribution in [3.63, 3.8) is 0 Å². The molecule has 0 saturated heterocycles. The number of halogens is 3. The van der Waals surface area contributed by atoms with Crippen molar-refractivity contribution in [3.05, 3.63) is 72.8 Å². The number of nitrogen functional groups attached to an aromatic ring is 3. The van der Waals surface area contributed by atoms with Crippen LogP contribution in [0.1, 0.15) is 0 Å². The van der Waals surface area contributed by atoms with Gasteiger partial charge in [-0.25, -0.2) is 0 Å². The molecule has 1 heterocycles. The summed E-state index contributed by atoms with van der Waals surface area (Å²) in [6, 6.07) is 20.6. The molecule has 1 aliphatic heterocycles. The van der Waals surface area contributed by atoms with Crippen LogP contribution in [0.15, 0.2) is 77.3 Å². The zero-order chi connectivity index (χ0) is 23.6. The molecule has 0 saturated carbocycles. The van der Waals surface area contributed by atoms with Crippen LogP contribution in [0.25, 0.3) is 0 Å². The second-order valence-electron chi connectivity index (χ2n) is 6.44. The summed E-state index contributed by atoms with van der Waals surface area (Å²) in [5, 5.41) is 0. The molecule has 3 aromatic rings.